The number of amides is 2. The van der Waals surface area contributed by atoms with Crippen LogP contribution in [0.15, 0.2) is 42.5 Å². The van der Waals surface area contributed by atoms with Gasteiger partial charge in [0.25, 0.3) is 5.91 Å². The number of hydrogen-bond acceptors (Lipinski definition) is 3. The fourth-order valence-electron chi connectivity index (χ4n) is 3.32. The van der Waals surface area contributed by atoms with Gasteiger partial charge in [0.1, 0.15) is 5.75 Å². The van der Waals surface area contributed by atoms with Crippen LogP contribution in [0.2, 0.25) is 0 Å². The average Bonchev–Trinajstić information content (AvgIpc) is 2.95. The largest absolute Gasteiger partial charge is 0.494 e. The van der Waals surface area contributed by atoms with Gasteiger partial charge in [0.15, 0.2) is 0 Å². The summed E-state index contributed by atoms with van der Waals surface area (Å²) in [6, 6.07) is 13.0. The number of nitrogens with one attached hydrogen (secondary N) is 1. The molecule has 0 unspecified atom stereocenters. The van der Waals surface area contributed by atoms with Crippen LogP contribution in [-0.4, -0.2) is 31.0 Å². The molecular formula is C21H24N2O3. The van der Waals surface area contributed by atoms with Gasteiger partial charge in [0.05, 0.1) is 12.6 Å². The molecule has 5 nitrogen and oxygen atoms in total. The number of hydrogen-bond donors (Lipinski definition) is 1. The van der Waals surface area contributed by atoms with Crippen LogP contribution in [0, 0.1) is 13.8 Å². The number of rotatable bonds is 5. The van der Waals surface area contributed by atoms with Crippen molar-refractivity contribution in [1.29, 1.82) is 0 Å². The highest BCUT2D eigenvalue weighted by atomic mass is 16.5. The van der Waals surface area contributed by atoms with E-state index in [0.29, 0.717) is 25.1 Å². The minimum atomic E-state index is -0.192. The molecular weight excluding hydrogens is 328 g/mol. The Morgan fingerprint density at radius 2 is 1.81 bits per heavy atom. The molecule has 1 saturated heterocycles. The van der Waals surface area contributed by atoms with Crippen molar-refractivity contribution >= 4 is 17.5 Å². The van der Waals surface area contributed by atoms with Gasteiger partial charge < -0.3 is 15.0 Å². The summed E-state index contributed by atoms with van der Waals surface area (Å²) in [4.78, 5) is 26.6. The zero-order valence-electron chi connectivity index (χ0n) is 15.4. The van der Waals surface area contributed by atoms with Crippen molar-refractivity contribution in [3.05, 3.63) is 59.2 Å². The molecule has 0 aliphatic carbocycles. The summed E-state index contributed by atoms with van der Waals surface area (Å²) in [7, 11) is 0. The second kappa shape index (κ2) is 7.60. The summed E-state index contributed by atoms with van der Waals surface area (Å²) in [6.07, 6.45) is 0.309. The maximum atomic E-state index is 12.5. The number of anilines is 1. The predicted octanol–water partition coefficient (Wildman–Crippen LogP) is 3.24. The van der Waals surface area contributed by atoms with Crippen LogP contribution in [-0.2, 0) is 4.79 Å². The second-order valence-corrected chi connectivity index (χ2v) is 6.68. The van der Waals surface area contributed by atoms with Gasteiger partial charge >= 0.3 is 0 Å². The maximum absolute atomic E-state index is 12.5. The van der Waals surface area contributed by atoms with Gasteiger partial charge in [0.2, 0.25) is 5.91 Å². The third-order valence-corrected chi connectivity index (χ3v) is 4.40. The molecule has 0 aromatic heterocycles. The molecule has 1 aliphatic heterocycles. The summed E-state index contributed by atoms with van der Waals surface area (Å²) in [5.74, 6) is 0.658. The van der Waals surface area contributed by atoms with Crippen molar-refractivity contribution in [3.8, 4) is 5.75 Å². The maximum Gasteiger partial charge on any atom is 0.251 e. The lowest BCUT2D eigenvalue weighted by molar-refractivity contribution is -0.117. The standard InChI is InChI=1S/C21H24N2O3/c1-4-26-19-7-5-18(6-8-19)23-13-17(12-20(23)24)22-21(25)16-10-14(2)9-15(3)11-16/h5-11,17H,4,12-13H2,1-3H3,(H,22,25)/t17-/m0/s1. The van der Waals surface area contributed by atoms with E-state index < -0.39 is 0 Å². The SMILES string of the molecule is CCOc1ccc(N2C[C@@H](NC(=O)c3cc(C)cc(C)c3)CC2=O)cc1. The zero-order valence-corrected chi connectivity index (χ0v) is 15.4. The Morgan fingerprint density at radius 1 is 1.15 bits per heavy atom. The number of carbonyl (C=O) groups is 2. The Balaban J connectivity index is 1.66. The minimum Gasteiger partial charge on any atom is -0.494 e. The van der Waals surface area contributed by atoms with Crippen LogP contribution in [0.1, 0.15) is 34.8 Å². The third-order valence-electron chi connectivity index (χ3n) is 4.40. The summed E-state index contributed by atoms with van der Waals surface area (Å²) in [5.41, 5.74) is 3.55. The molecule has 0 spiro atoms. The van der Waals surface area contributed by atoms with Crippen LogP contribution in [0.3, 0.4) is 0 Å². The first-order valence-electron chi connectivity index (χ1n) is 8.88. The van der Waals surface area contributed by atoms with E-state index in [-0.39, 0.29) is 17.9 Å². The molecule has 3 rings (SSSR count). The normalized spacial score (nSPS) is 16.7. The minimum absolute atomic E-state index is 0.0138. The Kier molecular flexibility index (Phi) is 5.26. The second-order valence-electron chi connectivity index (χ2n) is 6.68. The van der Waals surface area contributed by atoms with Gasteiger partial charge in [-0.25, -0.2) is 0 Å². The summed E-state index contributed by atoms with van der Waals surface area (Å²) in [5, 5.41) is 2.99. The predicted molar refractivity (Wildman–Crippen MR) is 102 cm³/mol. The van der Waals surface area contributed by atoms with Crippen molar-refractivity contribution in [1.82, 2.24) is 5.32 Å². The first-order chi connectivity index (χ1) is 12.5. The van der Waals surface area contributed by atoms with Crippen molar-refractivity contribution < 1.29 is 14.3 Å². The molecule has 2 aromatic rings. The highest BCUT2D eigenvalue weighted by Gasteiger charge is 2.31. The number of ether oxygens (including phenoxy) is 1. The van der Waals surface area contributed by atoms with Crippen molar-refractivity contribution in [3.63, 3.8) is 0 Å². The molecule has 5 heteroatoms. The van der Waals surface area contributed by atoms with Gasteiger partial charge in [-0.1, -0.05) is 17.2 Å². The Labute approximate surface area is 154 Å². The molecule has 1 aliphatic rings. The molecule has 26 heavy (non-hydrogen) atoms. The smallest absolute Gasteiger partial charge is 0.251 e. The van der Waals surface area contributed by atoms with E-state index in [2.05, 4.69) is 5.32 Å². The highest BCUT2D eigenvalue weighted by molar-refractivity contribution is 5.99. The zero-order chi connectivity index (χ0) is 18.7. The van der Waals surface area contributed by atoms with Gasteiger partial charge in [-0.2, -0.15) is 0 Å². The van der Waals surface area contributed by atoms with Crippen LogP contribution < -0.4 is 15.0 Å². The van der Waals surface area contributed by atoms with Crippen LogP contribution >= 0.6 is 0 Å². The van der Waals surface area contributed by atoms with Crippen molar-refractivity contribution in [2.24, 2.45) is 0 Å². The molecule has 1 atom stereocenters. The third kappa shape index (κ3) is 4.04. The Hall–Kier alpha value is -2.82. The Morgan fingerprint density at radius 3 is 2.42 bits per heavy atom. The molecule has 2 aromatic carbocycles. The molecule has 0 bridgehead atoms. The van der Waals surface area contributed by atoms with Crippen LogP contribution in [0.25, 0.3) is 0 Å². The highest BCUT2D eigenvalue weighted by Crippen LogP contribution is 2.24. The van der Waals surface area contributed by atoms with E-state index in [0.717, 1.165) is 22.6 Å². The monoisotopic (exact) mass is 352 g/mol. The molecule has 136 valence electrons. The van der Waals surface area contributed by atoms with Crippen molar-refractivity contribution in [2.45, 2.75) is 33.2 Å². The van der Waals surface area contributed by atoms with E-state index in [1.165, 1.54) is 0 Å². The number of nitrogens with zero attached hydrogens (tertiary/aromatic N) is 1. The summed E-state index contributed by atoms with van der Waals surface area (Å²) in [6.45, 7) is 6.95. The topological polar surface area (TPSA) is 58.6 Å². The lowest BCUT2D eigenvalue weighted by atomic mass is 10.1. The number of aryl methyl sites for hydroxylation is 2. The number of carbonyl (C=O) groups excluding carboxylic acids is 2. The number of benzene rings is 2. The molecule has 0 saturated carbocycles. The van der Waals surface area contributed by atoms with E-state index in [9.17, 15) is 9.59 Å². The van der Waals surface area contributed by atoms with Gasteiger partial charge in [-0.15, -0.1) is 0 Å². The van der Waals surface area contributed by atoms with E-state index in [1.54, 1.807) is 4.90 Å². The fourth-order valence-corrected chi connectivity index (χ4v) is 3.32. The first kappa shape index (κ1) is 18.0. The van der Waals surface area contributed by atoms with E-state index in [4.69, 9.17) is 4.74 Å². The van der Waals surface area contributed by atoms with Crippen LogP contribution in [0.4, 0.5) is 5.69 Å². The molecule has 1 N–H and O–H groups in total. The van der Waals surface area contributed by atoms with E-state index >= 15 is 0 Å². The molecule has 2 amide bonds. The molecule has 1 heterocycles. The Bertz CT molecular complexity index is 794. The van der Waals surface area contributed by atoms with Crippen molar-refractivity contribution in [2.75, 3.05) is 18.1 Å². The molecule has 1 fully saturated rings. The summed E-state index contributed by atoms with van der Waals surface area (Å²) < 4.78 is 5.43. The van der Waals surface area contributed by atoms with Crippen LogP contribution in [0.5, 0.6) is 5.75 Å². The van der Waals surface area contributed by atoms with Gasteiger partial charge in [-0.05, 0) is 57.2 Å². The quantitative estimate of drug-likeness (QED) is 0.899. The fraction of sp³-hybridized carbons (Fsp3) is 0.333. The lowest BCUT2D eigenvalue weighted by Gasteiger charge is -2.18. The molecule has 0 radical (unpaired) electrons. The average molecular weight is 352 g/mol. The van der Waals surface area contributed by atoms with Gasteiger partial charge in [-0.3, -0.25) is 9.59 Å². The van der Waals surface area contributed by atoms with Gasteiger partial charge in [0, 0.05) is 24.2 Å². The first-order valence-corrected chi connectivity index (χ1v) is 8.88. The van der Waals surface area contributed by atoms with E-state index in [1.807, 2.05) is 63.2 Å². The summed E-state index contributed by atoms with van der Waals surface area (Å²) >= 11 is 0. The lowest BCUT2D eigenvalue weighted by Crippen LogP contribution is -2.37.